The minimum atomic E-state index is -0.940. The monoisotopic (exact) mass is 267 g/mol. The van der Waals surface area contributed by atoms with Gasteiger partial charge in [-0.25, -0.2) is 9.78 Å². The standard InChI is InChI=1S/C12H17N3O2S/c16-11(17)10-8-18-12(13-10)15-5-3-14(4-6-15)7-9-1-2-9/h8-9H,1-7H2,(H,16,17). The molecule has 0 bridgehead atoms. The highest BCUT2D eigenvalue weighted by atomic mass is 32.1. The highest BCUT2D eigenvalue weighted by molar-refractivity contribution is 7.13. The molecular weight excluding hydrogens is 250 g/mol. The van der Waals surface area contributed by atoms with Crippen molar-refractivity contribution in [3.63, 3.8) is 0 Å². The van der Waals surface area contributed by atoms with Crippen LogP contribution < -0.4 is 4.90 Å². The van der Waals surface area contributed by atoms with Crippen molar-refractivity contribution in [2.45, 2.75) is 12.8 Å². The van der Waals surface area contributed by atoms with Gasteiger partial charge in [0.05, 0.1) is 0 Å². The average molecular weight is 267 g/mol. The minimum absolute atomic E-state index is 0.162. The first-order valence-corrected chi connectivity index (χ1v) is 7.26. The van der Waals surface area contributed by atoms with Gasteiger partial charge in [0, 0.05) is 38.1 Å². The Morgan fingerprint density at radius 3 is 2.67 bits per heavy atom. The summed E-state index contributed by atoms with van der Waals surface area (Å²) < 4.78 is 0. The molecule has 0 atom stereocenters. The van der Waals surface area contributed by atoms with E-state index in [2.05, 4.69) is 14.8 Å². The van der Waals surface area contributed by atoms with Crippen molar-refractivity contribution < 1.29 is 9.90 Å². The molecule has 1 N–H and O–H groups in total. The Balaban J connectivity index is 1.55. The van der Waals surface area contributed by atoms with Gasteiger partial charge in [0.1, 0.15) is 0 Å². The molecule has 3 rings (SSSR count). The van der Waals surface area contributed by atoms with Crippen LogP contribution in [0.2, 0.25) is 0 Å². The Bertz CT molecular complexity index is 436. The number of anilines is 1. The van der Waals surface area contributed by atoms with Crippen molar-refractivity contribution in [2.24, 2.45) is 5.92 Å². The second kappa shape index (κ2) is 4.85. The van der Waals surface area contributed by atoms with Gasteiger partial charge in [0.15, 0.2) is 10.8 Å². The Kier molecular flexibility index (Phi) is 3.22. The summed E-state index contributed by atoms with van der Waals surface area (Å²) in [6.07, 6.45) is 2.79. The molecule has 1 aromatic rings. The summed E-state index contributed by atoms with van der Waals surface area (Å²) in [5.74, 6) is -0.0000970. The molecule has 2 heterocycles. The Morgan fingerprint density at radius 2 is 2.11 bits per heavy atom. The molecule has 1 aromatic heterocycles. The van der Waals surface area contributed by atoms with Crippen molar-refractivity contribution in [3.8, 4) is 0 Å². The maximum atomic E-state index is 10.8. The lowest BCUT2D eigenvalue weighted by Gasteiger charge is -2.34. The molecule has 1 aliphatic carbocycles. The smallest absolute Gasteiger partial charge is 0.355 e. The van der Waals surface area contributed by atoms with Crippen LogP contribution in [0, 0.1) is 5.92 Å². The fourth-order valence-electron chi connectivity index (χ4n) is 2.30. The predicted molar refractivity (Wildman–Crippen MR) is 70.5 cm³/mol. The molecule has 0 spiro atoms. The number of hydrogen-bond donors (Lipinski definition) is 1. The van der Waals surface area contributed by atoms with Gasteiger partial charge in [-0.2, -0.15) is 0 Å². The molecule has 5 nitrogen and oxygen atoms in total. The largest absolute Gasteiger partial charge is 0.476 e. The first-order valence-electron chi connectivity index (χ1n) is 6.38. The van der Waals surface area contributed by atoms with E-state index in [-0.39, 0.29) is 5.69 Å². The zero-order chi connectivity index (χ0) is 12.5. The molecule has 98 valence electrons. The van der Waals surface area contributed by atoms with Crippen molar-refractivity contribution >= 4 is 22.4 Å². The lowest BCUT2D eigenvalue weighted by atomic mass is 10.3. The first-order chi connectivity index (χ1) is 8.72. The Hall–Kier alpha value is -1.14. The molecular formula is C12H17N3O2S. The molecule has 1 aliphatic heterocycles. The number of nitrogens with zero attached hydrogens (tertiary/aromatic N) is 3. The van der Waals surface area contributed by atoms with E-state index in [4.69, 9.17) is 5.11 Å². The summed E-state index contributed by atoms with van der Waals surface area (Å²) in [5, 5.41) is 11.3. The molecule has 0 aromatic carbocycles. The number of piperazine rings is 1. The number of carboxylic acid groups (broad SMARTS) is 1. The first kappa shape index (κ1) is 11.9. The van der Waals surface area contributed by atoms with E-state index in [0.29, 0.717) is 0 Å². The van der Waals surface area contributed by atoms with Gasteiger partial charge in [-0.1, -0.05) is 0 Å². The van der Waals surface area contributed by atoms with Gasteiger partial charge in [-0.3, -0.25) is 4.90 Å². The summed E-state index contributed by atoms with van der Waals surface area (Å²) in [7, 11) is 0. The number of thiazole rings is 1. The molecule has 18 heavy (non-hydrogen) atoms. The summed E-state index contributed by atoms with van der Waals surface area (Å²) in [5.41, 5.74) is 0.162. The van der Waals surface area contributed by atoms with Crippen LogP contribution in [0.3, 0.4) is 0 Å². The van der Waals surface area contributed by atoms with E-state index in [1.165, 1.54) is 30.7 Å². The summed E-state index contributed by atoms with van der Waals surface area (Å²) in [6.45, 7) is 5.29. The van der Waals surface area contributed by atoms with Crippen molar-refractivity contribution in [1.82, 2.24) is 9.88 Å². The maximum absolute atomic E-state index is 10.8. The van der Waals surface area contributed by atoms with Gasteiger partial charge in [0.2, 0.25) is 0 Å². The predicted octanol–water partition coefficient (Wildman–Crippen LogP) is 1.37. The molecule has 0 amide bonds. The van der Waals surface area contributed by atoms with Crippen molar-refractivity contribution in [2.75, 3.05) is 37.6 Å². The van der Waals surface area contributed by atoms with Gasteiger partial charge >= 0.3 is 5.97 Å². The number of carboxylic acids is 1. The fraction of sp³-hybridized carbons (Fsp3) is 0.667. The summed E-state index contributed by atoms with van der Waals surface area (Å²) in [6, 6.07) is 0. The van der Waals surface area contributed by atoms with Crippen LogP contribution in [0.1, 0.15) is 23.3 Å². The summed E-state index contributed by atoms with van der Waals surface area (Å²) >= 11 is 1.43. The SMILES string of the molecule is O=C(O)c1csc(N2CCN(CC3CC3)CC2)n1. The van der Waals surface area contributed by atoms with Gasteiger partial charge < -0.3 is 10.0 Å². The number of aromatic carboxylic acids is 1. The van der Waals surface area contributed by atoms with Crippen LogP contribution in [-0.4, -0.2) is 53.7 Å². The van der Waals surface area contributed by atoms with E-state index in [9.17, 15) is 4.79 Å². The van der Waals surface area contributed by atoms with Crippen molar-refractivity contribution in [1.29, 1.82) is 0 Å². The number of aromatic nitrogens is 1. The third-order valence-electron chi connectivity index (χ3n) is 3.57. The van der Waals surface area contributed by atoms with Gasteiger partial charge in [-0.15, -0.1) is 11.3 Å². The third-order valence-corrected chi connectivity index (χ3v) is 4.47. The summed E-state index contributed by atoms with van der Waals surface area (Å²) in [4.78, 5) is 19.7. The molecule has 1 saturated heterocycles. The zero-order valence-corrected chi connectivity index (χ0v) is 11.0. The highest BCUT2D eigenvalue weighted by Crippen LogP contribution is 2.30. The number of carbonyl (C=O) groups is 1. The van der Waals surface area contributed by atoms with Crippen LogP contribution >= 0.6 is 11.3 Å². The van der Waals surface area contributed by atoms with Gasteiger partial charge in [-0.05, 0) is 18.8 Å². The normalized spacial score (nSPS) is 21.2. The topological polar surface area (TPSA) is 56.7 Å². The van der Waals surface area contributed by atoms with Crippen molar-refractivity contribution in [3.05, 3.63) is 11.1 Å². The second-order valence-corrected chi connectivity index (χ2v) is 5.89. The van der Waals surface area contributed by atoms with Gasteiger partial charge in [0.25, 0.3) is 0 Å². The zero-order valence-electron chi connectivity index (χ0n) is 10.2. The quantitative estimate of drug-likeness (QED) is 0.893. The van der Waals surface area contributed by atoms with Crippen LogP contribution in [0.4, 0.5) is 5.13 Å². The molecule has 1 saturated carbocycles. The highest BCUT2D eigenvalue weighted by Gasteiger charge is 2.27. The Morgan fingerprint density at radius 1 is 1.39 bits per heavy atom. The van der Waals surface area contributed by atoms with Crippen LogP contribution in [0.15, 0.2) is 5.38 Å². The average Bonchev–Trinajstić information content (AvgIpc) is 3.04. The second-order valence-electron chi connectivity index (χ2n) is 5.05. The van der Waals surface area contributed by atoms with Crippen LogP contribution in [0.5, 0.6) is 0 Å². The van der Waals surface area contributed by atoms with E-state index in [1.54, 1.807) is 5.38 Å². The molecule has 2 fully saturated rings. The van der Waals surface area contributed by atoms with Crippen LogP contribution in [-0.2, 0) is 0 Å². The molecule has 0 unspecified atom stereocenters. The van der Waals surface area contributed by atoms with E-state index in [0.717, 1.165) is 37.2 Å². The molecule has 0 radical (unpaired) electrons. The Labute approximate surface area is 110 Å². The van der Waals surface area contributed by atoms with E-state index in [1.807, 2.05) is 0 Å². The maximum Gasteiger partial charge on any atom is 0.355 e. The van der Waals surface area contributed by atoms with E-state index < -0.39 is 5.97 Å². The molecule has 6 heteroatoms. The lowest BCUT2D eigenvalue weighted by Crippen LogP contribution is -2.47. The number of rotatable bonds is 4. The lowest BCUT2D eigenvalue weighted by molar-refractivity contribution is 0.0691. The van der Waals surface area contributed by atoms with Crippen LogP contribution in [0.25, 0.3) is 0 Å². The number of hydrogen-bond acceptors (Lipinski definition) is 5. The third kappa shape index (κ3) is 2.64. The minimum Gasteiger partial charge on any atom is -0.476 e. The van der Waals surface area contributed by atoms with E-state index >= 15 is 0 Å². The molecule has 2 aliphatic rings. The fourth-order valence-corrected chi connectivity index (χ4v) is 3.15.